The molecule has 0 bridgehead atoms. The van der Waals surface area contributed by atoms with E-state index in [4.69, 9.17) is 0 Å². The van der Waals surface area contributed by atoms with E-state index in [0.29, 0.717) is 16.9 Å². The third-order valence-electron chi connectivity index (χ3n) is 4.72. The normalized spacial score (nSPS) is 11.4. The molecule has 1 heterocycles. The first-order chi connectivity index (χ1) is 14.3. The molecule has 0 aliphatic rings. The van der Waals surface area contributed by atoms with Gasteiger partial charge >= 0.3 is 0 Å². The number of halogens is 1. The fourth-order valence-electron chi connectivity index (χ4n) is 2.92. The molecule has 152 valence electrons. The van der Waals surface area contributed by atoms with Gasteiger partial charge in [-0.2, -0.15) is 0 Å². The molecule has 0 amide bonds. The van der Waals surface area contributed by atoms with Crippen LogP contribution in [-0.4, -0.2) is 18.4 Å². The molecular formula is C22H19BrN4O2S. The lowest BCUT2D eigenvalue weighted by Gasteiger charge is -2.15. The van der Waals surface area contributed by atoms with Gasteiger partial charge in [0.05, 0.1) is 21.6 Å². The smallest absolute Gasteiger partial charge is 0.263 e. The number of anilines is 3. The van der Waals surface area contributed by atoms with Crippen LogP contribution >= 0.6 is 15.9 Å². The van der Waals surface area contributed by atoms with E-state index in [1.54, 1.807) is 24.3 Å². The highest BCUT2D eigenvalue weighted by molar-refractivity contribution is 9.10. The second-order valence-corrected chi connectivity index (χ2v) is 9.40. The highest BCUT2D eigenvalue weighted by Crippen LogP contribution is 2.30. The third kappa shape index (κ3) is 4.15. The average Bonchev–Trinajstić information content (AvgIpc) is 2.72. The third-order valence-corrected chi connectivity index (χ3v) is 6.75. The molecule has 2 N–H and O–H groups in total. The van der Waals surface area contributed by atoms with Gasteiger partial charge in [0.15, 0.2) is 11.6 Å². The van der Waals surface area contributed by atoms with Crippen LogP contribution in [0.1, 0.15) is 11.1 Å². The number of para-hydroxylation sites is 3. The predicted molar refractivity (Wildman–Crippen MR) is 124 cm³/mol. The molecule has 0 saturated heterocycles. The Morgan fingerprint density at radius 1 is 0.800 bits per heavy atom. The van der Waals surface area contributed by atoms with E-state index < -0.39 is 10.0 Å². The van der Waals surface area contributed by atoms with Crippen LogP contribution in [0.4, 0.5) is 17.3 Å². The number of nitrogens with one attached hydrogen (secondary N) is 2. The fraction of sp³-hybridized carbons (Fsp3) is 0.0909. The lowest BCUT2D eigenvalue weighted by molar-refractivity contribution is 0.601. The van der Waals surface area contributed by atoms with Gasteiger partial charge in [-0.25, -0.2) is 18.4 Å². The van der Waals surface area contributed by atoms with Gasteiger partial charge in [-0.3, -0.25) is 4.72 Å². The van der Waals surface area contributed by atoms with Gasteiger partial charge in [-0.1, -0.05) is 30.3 Å². The van der Waals surface area contributed by atoms with Crippen LogP contribution in [0.15, 0.2) is 76.1 Å². The zero-order valence-corrected chi connectivity index (χ0v) is 18.8. The van der Waals surface area contributed by atoms with Gasteiger partial charge in [0.2, 0.25) is 0 Å². The number of hydrogen-bond acceptors (Lipinski definition) is 5. The Balaban J connectivity index is 1.80. The molecule has 0 unspecified atom stereocenters. The van der Waals surface area contributed by atoms with Gasteiger partial charge in [0.25, 0.3) is 10.0 Å². The minimum Gasteiger partial charge on any atom is -0.336 e. The Kier molecular flexibility index (Phi) is 5.44. The van der Waals surface area contributed by atoms with Crippen molar-refractivity contribution in [3.05, 3.63) is 82.3 Å². The van der Waals surface area contributed by atoms with E-state index in [2.05, 4.69) is 35.9 Å². The number of fused-ring (bicyclic) bond motifs is 1. The van der Waals surface area contributed by atoms with Gasteiger partial charge in [0, 0.05) is 4.47 Å². The van der Waals surface area contributed by atoms with E-state index in [9.17, 15) is 8.42 Å². The second-order valence-electron chi connectivity index (χ2n) is 6.87. The maximum Gasteiger partial charge on any atom is 0.263 e. The zero-order chi connectivity index (χ0) is 21.3. The van der Waals surface area contributed by atoms with Crippen molar-refractivity contribution in [2.24, 2.45) is 0 Å². The summed E-state index contributed by atoms with van der Waals surface area (Å²) in [5, 5.41) is 3.18. The molecule has 0 fully saturated rings. The Morgan fingerprint density at radius 2 is 1.43 bits per heavy atom. The van der Waals surface area contributed by atoms with Gasteiger partial charge in [-0.05, 0) is 77.3 Å². The molecule has 0 aliphatic carbocycles. The number of benzene rings is 3. The summed E-state index contributed by atoms with van der Waals surface area (Å²) in [6.07, 6.45) is 0. The van der Waals surface area contributed by atoms with Crippen molar-refractivity contribution in [1.29, 1.82) is 0 Å². The van der Waals surface area contributed by atoms with E-state index in [0.717, 1.165) is 21.3 Å². The summed E-state index contributed by atoms with van der Waals surface area (Å²) in [4.78, 5) is 9.29. The van der Waals surface area contributed by atoms with Crippen LogP contribution in [0.25, 0.3) is 11.0 Å². The first-order valence-electron chi connectivity index (χ1n) is 9.22. The van der Waals surface area contributed by atoms with Crippen molar-refractivity contribution in [3.8, 4) is 0 Å². The van der Waals surface area contributed by atoms with Crippen molar-refractivity contribution in [1.82, 2.24) is 9.97 Å². The van der Waals surface area contributed by atoms with Crippen LogP contribution in [-0.2, 0) is 10.0 Å². The molecule has 3 aromatic carbocycles. The van der Waals surface area contributed by atoms with E-state index >= 15 is 0 Å². The summed E-state index contributed by atoms with van der Waals surface area (Å²) in [5.41, 5.74) is 3.91. The fourth-order valence-corrected chi connectivity index (χ4v) is 4.39. The first-order valence-corrected chi connectivity index (χ1v) is 11.5. The summed E-state index contributed by atoms with van der Waals surface area (Å²) in [6, 6.07) is 19.8. The highest BCUT2D eigenvalue weighted by atomic mass is 79.9. The molecule has 8 heteroatoms. The Morgan fingerprint density at radius 3 is 2.10 bits per heavy atom. The van der Waals surface area contributed by atoms with Gasteiger partial charge in [0.1, 0.15) is 0 Å². The van der Waals surface area contributed by atoms with E-state index in [1.807, 2.05) is 56.3 Å². The van der Waals surface area contributed by atoms with Gasteiger partial charge in [-0.15, -0.1) is 0 Å². The molecule has 0 spiro atoms. The number of hydrogen-bond donors (Lipinski definition) is 2. The first kappa shape index (κ1) is 20.3. The van der Waals surface area contributed by atoms with E-state index in [1.165, 1.54) is 0 Å². The molecule has 4 rings (SSSR count). The molecule has 6 nitrogen and oxygen atoms in total. The minimum atomic E-state index is -3.85. The van der Waals surface area contributed by atoms with Crippen LogP contribution < -0.4 is 10.0 Å². The largest absolute Gasteiger partial charge is 0.336 e. The molecule has 0 aliphatic heterocycles. The van der Waals surface area contributed by atoms with Crippen LogP contribution in [0, 0.1) is 13.8 Å². The van der Waals surface area contributed by atoms with Crippen LogP contribution in [0.5, 0.6) is 0 Å². The minimum absolute atomic E-state index is 0.127. The maximum atomic E-state index is 13.1. The molecular weight excluding hydrogens is 464 g/mol. The number of nitrogens with zero attached hydrogens (tertiary/aromatic N) is 2. The second kappa shape index (κ2) is 8.04. The summed E-state index contributed by atoms with van der Waals surface area (Å²) in [7, 11) is -3.85. The summed E-state index contributed by atoms with van der Waals surface area (Å²) >= 11 is 3.49. The standard InChI is InChI=1S/C22H19BrN4O2S/c1-14-11-12-16(13-15(14)2)30(28,29)27-22-21(24-18-8-4-3-7-17(18)23)25-19-9-5-6-10-20(19)26-22/h3-13H,1-2H3,(H,24,25)(H,26,27). The molecule has 0 atom stereocenters. The zero-order valence-electron chi connectivity index (χ0n) is 16.3. The van der Waals surface area contributed by atoms with Gasteiger partial charge < -0.3 is 5.32 Å². The van der Waals surface area contributed by atoms with Crippen molar-refractivity contribution < 1.29 is 8.42 Å². The van der Waals surface area contributed by atoms with E-state index in [-0.39, 0.29) is 10.7 Å². The van der Waals surface area contributed by atoms with Crippen LogP contribution in [0.2, 0.25) is 0 Å². The summed E-state index contributed by atoms with van der Waals surface area (Å²) in [5.74, 6) is 0.440. The van der Waals surface area contributed by atoms with Crippen molar-refractivity contribution in [3.63, 3.8) is 0 Å². The lowest BCUT2D eigenvalue weighted by Crippen LogP contribution is -2.16. The Hall–Kier alpha value is -2.97. The SMILES string of the molecule is Cc1ccc(S(=O)(=O)Nc2nc3ccccc3nc2Nc2ccccc2Br)cc1C. The Bertz CT molecular complexity index is 1360. The quantitative estimate of drug-likeness (QED) is 0.389. The monoisotopic (exact) mass is 482 g/mol. The molecule has 0 saturated carbocycles. The van der Waals surface area contributed by atoms with Crippen molar-refractivity contribution in [2.45, 2.75) is 18.7 Å². The topological polar surface area (TPSA) is 84.0 Å². The average molecular weight is 483 g/mol. The molecule has 1 aromatic heterocycles. The summed E-state index contributed by atoms with van der Waals surface area (Å²) in [6.45, 7) is 3.82. The van der Waals surface area contributed by atoms with Crippen molar-refractivity contribution in [2.75, 3.05) is 10.0 Å². The molecule has 4 aromatic rings. The lowest BCUT2D eigenvalue weighted by atomic mass is 10.1. The molecule has 0 radical (unpaired) electrons. The van der Waals surface area contributed by atoms with Crippen molar-refractivity contribution >= 4 is 54.3 Å². The summed E-state index contributed by atoms with van der Waals surface area (Å²) < 4.78 is 29.5. The number of aromatic nitrogens is 2. The van der Waals surface area contributed by atoms with Crippen LogP contribution in [0.3, 0.4) is 0 Å². The highest BCUT2D eigenvalue weighted by Gasteiger charge is 2.20. The number of sulfonamides is 1. The number of aryl methyl sites for hydroxylation is 2. The Labute approximate surface area is 183 Å². The molecule has 30 heavy (non-hydrogen) atoms. The predicted octanol–water partition coefficient (Wildman–Crippen LogP) is 5.55. The number of rotatable bonds is 5. The maximum absolute atomic E-state index is 13.1.